The fourth-order valence-electron chi connectivity index (χ4n) is 4.11. The largest absolute Gasteiger partial charge is 0.490 e. The Morgan fingerprint density at radius 3 is 2.57 bits per heavy atom. The standard InChI is InChI=1S/C28H33FN4O4/c1-17(2)37-25-9-7-19(14-20(25)15-30)26(35)31-21(10-11-34)12-18-6-8-22(23(29)13-18)24-16-33(5)27(32-24)28(3,4)36/h6-9,13-14,16-17,21,34,36H,10-12H2,1-5H3,(H,31,35)/t21-/m1/s1. The summed E-state index contributed by atoms with van der Waals surface area (Å²) in [6, 6.07) is 11.0. The van der Waals surface area contributed by atoms with Gasteiger partial charge in [0.25, 0.3) is 5.91 Å². The highest BCUT2D eigenvalue weighted by Gasteiger charge is 2.24. The highest BCUT2D eigenvalue weighted by Crippen LogP contribution is 2.27. The van der Waals surface area contributed by atoms with Gasteiger partial charge in [-0.05, 0) is 76.4 Å². The monoisotopic (exact) mass is 508 g/mol. The molecule has 9 heteroatoms. The molecule has 1 aromatic heterocycles. The van der Waals surface area contributed by atoms with Gasteiger partial charge in [-0.2, -0.15) is 5.26 Å². The summed E-state index contributed by atoms with van der Waals surface area (Å²) in [5, 5.41) is 32.1. The molecule has 3 N–H and O–H groups in total. The third-order valence-corrected chi connectivity index (χ3v) is 5.75. The molecule has 0 unspecified atom stereocenters. The molecule has 1 atom stereocenters. The lowest BCUT2D eigenvalue weighted by Crippen LogP contribution is -2.37. The van der Waals surface area contributed by atoms with E-state index < -0.39 is 23.4 Å². The van der Waals surface area contributed by atoms with Crippen molar-refractivity contribution in [2.45, 2.75) is 58.3 Å². The van der Waals surface area contributed by atoms with Gasteiger partial charge in [-0.1, -0.05) is 6.07 Å². The first-order chi connectivity index (χ1) is 17.4. The molecule has 1 heterocycles. The fraction of sp³-hybridized carbons (Fsp3) is 0.393. The number of aliphatic hydroxyl groups excluding tert-OH is 1. The average Bonchev–Trinajstić information content (AvgIpc) is 3.21. The van der Waals surface area contributed by atoms with E-state index >= 15 is 4.39 Å². The molecule has 196 valence electrons. The van der Waals surface area contributed by atoms with Gasteiger partial charge in [0.05, 0.1) is 17.4 Å². The number of nitriles is 1. The van der Waals surface area contributed by atoms with Crippen LogP contribution in [0.1, 0.15) is 61.4 Å². The molecule has 0 aliphatic carbocycles. The van der Waals surface area contributed by atoms with Crippen LogP contribution in [0.5, 0.6) is 5.75 Å². The van der Waals surface area contributed by atoms with E-state index in [1.54, 1.807) is 55.9 Å². The van der Waals surface area contributed by atoms with Gasteiger partial charge in [0.2, 0.25) is 0 Å². The smallest absolute Gasteiger partial charge is 0.251 e. The molecule has 0 radical (unpaired) electrons. The Hall–Kier alpha value is -3.74. The minimum atomic E-state index is -1.17. The molecule has 3 aromatic rings. The quantitative estimate of drug-likeness (QED) is 0.383. The first-order valence-corrected chi connectivity index (χ1v) is 12.1. The van der Waals surface area contributed by atoms with E-state index in [2.05, 4.69) is 10.3 Å². The lowest BCUT2D eigenvalue weighted by atomic mass is 10.0. The Morgan fingerprint density at radius 1 is 1.27 bits per heavy atom. The maximum Gasteiger partial charge on any atom is 0.251 e. The van der Waals surface area contributed by atoms with Crippen LogP contribution in [-0.4, -0.2) is 44.4 Å². The molecule has 0 saturated carbocycles. The third-order valence-electron chi connectivity index (χ3n) is 5.75. The lowest BCUT2D eigenvalue weighted by Gasteiger charge is -2.19. The average molecular weight is 509 g/mol. The number of hydrogen-bond acceptors (Lipinski definition) is 6. The molecule has 1 amide bonds. The summed E-state index contributed by atoms with van der Waals surface area (Å²) in [4.78, 5) is 17.3. The summed E-state index contributed by atoms with van der Waals surface area (Å²) in [6.45, 7) is 6.76. The number of aryl methyl sites for hydroxylation is 1. The van der Waals surface area contributed by atoms with E-state index in [-0.39, 0.29) is 30.3 Å². The van der Waals surface area contributed by atoms with E-state index in [4.69, 9.17) is 4.74 Å². The molecule has 0 aliphatic rings. The lowest BCUT2D eigenvalue weighted by molar-refractivity contribution is 0.0659. The minimum Gasteiger partial charge on any atom is -0.490 e. The number of aromatic nitrogens is 2. The van der Waals surface area contributed by atoms with E-state index in [1.165, 1.54) is 12.1 Å². The number of nitrogens with zero attached hydrogens (tertiary/aromatic N) is 3. The molecule has 3 rings (SSSR count). The molecular weight excluding hydrogens is 475 g/mol. The van der Waals surface area contributed by atoms with Crippen molar-refractivity contribution in [3.8, 4) is 23.1 Å². The number of nitrogens with one attached hydrogen (secondary N) is 1. The first kappa shape index (κ1) is 27.8. The van der Waals surface area contributed by atoms with Crippen molar-refractivity contribution in [1.82, 2.24) is 14.9 Å². The molecular formula is C28H33FN4O4. The van der Waals surface area contributed by atoms with Crippen molar-refractivity contribution in [2.24, 2.45) is 7.05 Å². The molecule has 0 saturated heterocycles. The van der Waals surface area contributed by atoms with Gasteiger partial charge >= 0.3 is 0 Å². The summed E-state index contributed by atoms with van der Waals surface area (Å²) < 4.78 is 22.3. The van der Waals surface area contributed by atoms with Crippen molar-refractivity contribution < 1.29 is 24.1 Å². The maximum atomic E-state index is 15.1. The van der Waals surface area contributed by atoms with Gasteiger partial charge in [-0.3, -0.25) is 4.79 Å². The number of carbonyl (C=O) groups excluding carboxylic acids is 1. The second-order valence-corrected chi connectivity index (χ2v) is 9.81. The zero-order chi connectivity index (χ0) is 27.3. The Bertz CT molecular complexity index is 1300. The zero-order valence-electron chi connectivity index (χ0n) is 21.7. The molecule has 0 bridgehead atoms. The van der Waals surface area contributed by atoms with Crippen molar-refractivity contribution >= 4 is 5.91 Å². The minimum absolute atomic E-state index is 0.117. The van der Waals surface area contributed by atoms with Gasteiger partial charge in [0.15, 0.2) is 0 Å². The number of amides is 1. The van der Waals surface area contributed by atoms with Crippen LogP contribution in [0.15, 0.2) is 42.6 Å². The summed E-state index contributed by atoms with van der Waals surface area (Å²) in [5.41, 5.74) is 0.703. The molecule has 0 spiro atoms. The van der Waals surface area contributed by atoms with Crippen molar-refractivity contribution in [3.63, 3.8) is 0 Å². The van der Waals surface area contributed by atoms with Crippen LogP contribution >= 0.6 is 0 Å². The Kier molecular flexibility index (Phi) is 8.69. The van der Waals surface area contributed by atoms with Crippen LogP contribution in [0.4, 0.5) is 4.39 Å². The normalized spacial score (nSPS) is 12.3. The fourth-order valence-corrected chi connectivity index (χ4v) is 4.11. The van der Waals surface area contributed by atoms with Gasteiger partial charge < -0.3 is 24.8 Å². The van der Waals surface area contributed by atoms with E-state index in [0.717, 1.165) is 0 Å². The SMILES string of the molecule is CC(C)Oc1ccc(C(=O)N[C@H](CCO)Cc2ccc(-c3cn(C)c(C(C)(C)O)n3)c(F)c2)cc1C#N. The summed E-state index contributed by atoms with van der Waals surface area (Å²) in [7, 11) is 1.74. The van der Waals surface area contributed by atoms with Crippen LogP contribution in [0.25, 0.3) is 11.3 Å². The van der Waals surface area contributed by atoms with E-state index in [0.29, 0.717) is 34.8 Å². The number of carbonyl (C=O) groups is 1. The predicted octanol–water partition coefficient (Wildman–Crippen LogP) is 3.84. The van der Waals surface area contributed by atoms with Gasteiger partial charge in [0.1, 0.15) is 29.1 Å². The number of benzene rings is 2. The Balaban J connectivity index is 1.77. The van der Waals surface area contributed by atoms with Crippen LogP contribution in [-0.2, 0) is 19.1 Å². The van der Waals surface area contributed by atoms with Crippen LogP contribution in [0.3, 0.4) is 0 Å². The highest BCUT2D eigenvalue weighted by atomic mass is 19.1. The van der Waals surface area contributed by atoms with Crippen LogP contribution < -0.4 is 10.1 Å². The van der Waals surface area contributed by atoms with E-state index in [1.807, 2.05) is 19.9 Å². The zero-order valence-corrected chi connectivity index (χ0v) is 21.7. The number of halogens is 1. The van der Waals surface area contributed by atoms with Gasteiger partial charge in [-0.15, -0.1) is 0 Å². The molecule has 0 fully saturated rings. The van der Waals surface area contributed by atoms with Crippen molar-refractivity contribution in [1.29, 1.82) is 5.26 Å². The second kappa shape index (κ2) is 11.5. The molecule has 0 aliphatic heterocycles. The topological polar surface area (TPSA) is 120 Å². The van der Waals surface area contributed by atoms with E-state index in [9.17, 15) is 20.3 Å². The number of rotatable bonds is 10. The predicted molar refractivity (Wildman–Crippen MR) is 137 cm³/mol. The summed E-state index contributed by atoms with van der Waals surface area (Å²) in [6.07, 6.45) is 2.10. The molecule has 2 aromatic carbocycles. The van der Waals surface area contributed by atoms with Gasteiger partial charge in [0, 0.05) is 37.0 Å². The third kappa shape index (κ3) is 6.94. The first-order valence-electron chi connectivity index (χ1n) is 12.1. The molecule has 37 heavy (non-hydrogen) atoms. The summed E-state index contributed by atoms with van der Waals surface area (Å²) >= 11 is 0. The number of ether oxygens (including phenoxy) is 1. The van der Waals surface area contributed by atoms with Crippen molar-refractivity contribution in [3.05, 3.63) is 70.9 Å². The number of imidazole rings is 1. The number of aliphatic hydroxyl groups is 2. The van der Waals surface area contributed by atoms with Crippen LogP contribution in [0, 0.1) is 17.1 Å². The summed E-state index contributed by atoms with van der Waals surface area (Å²) in [5.74, 6) is -0.0682. The van der Waals surface area contributed by atoms with Gasteiger partial charge in [-0.25, -0.2) is 9.37 Å². The Morgan fingerprint density at radius 2 is 2.00 bits per heavy atom. The second-order valence-electron chi connectivity index (χ2n) is 9.81. The highest BCUT2D eigenvalue weighted by molar-refractivity contribution is 5.95. The maximum absolute atomic E-state index is 15.1. The molecule has 8 nitrogen and oxygen atoms in total. The number of hydrogen-bond donors (Lipinski definition) is 3. The van der Waals surface area contributed by atoms with Crippen molar-refractivity contribution in [2.75, 3.05) is 6.61 Å². The Labute approximate surface area is 216 Å². The van der Waals surface area contributed by atoms with Crippen LogP contribution in [0.2, 0.25) is 0 Å².